The zero-order valence-corrected chi connectivity index (χ0v) is 20.6. The van der Waals surface area contributed by atoms with Crippen LogP contribution in [0.5, 0.6) is 5.75 Å². The largest absolute Gasteiger partial charge is 0.488 e. The first-order valence-corrected chi connectivity index (χ1v) is 13.2. The number of hydrogen-bond acceptors (Lipinski definition) is 5. The lowest BCUT2D eigenvalue weighted by atomic mass is 9.93. The van der Waals surface area contributed by atoms with Crippen molar-refractivity contribution in [1.82, 2.24) is 4.31 Å². The molecular weight excluding hydrogens is 464 g/mol. The van der Waals surface area contributed by atoms with Crippen molar-refractivity contribution >= 4 is 27.4 Å². The molecule has 7 nitrogen and oxygen atoms in total. The topological polar surface area (TPSA) is 87.2 Å². The SMILES string of the molecule is CCCC[C@@H]1CN(c2ccccc2)c2cc3c(cc2S(=O)(=O)N1C)-c1cccc(C(=O)O)c1CO3. The first-order valence-electron chi connectivity index (χ1n) is 11.8. The smallest absolute Gasteiger partial charge is 0.336 e. The molecule has 5 rings (SSSR count). The molecule has 2 aliphatic heterocycles. The molecule has 8 heteroatoms. The van der Waals surface area contributed by atoms with E-state index >= 15 is 0 Å². The number of ether oxygens (including phenoxy) is 1. The molecule has 2 aliphatic rings. The fourth-order valence-corrected chi connectivity index (χ4v) is 6.56. The van der Waals surface area contributed by atoms with E-state index < -0.39 is 16.0 Å². The fourth-order valence-electron chi connectivity index (χ4n) is 4.98. The summed E-state index contributed by atoms with van der Waals surface area (Å²) < 4.78 is 35.3. The van der Waals surface area contributed by atoms with Crippen molar-refractivity contribution < 1.29 is 23.1 Å². The van der Waals surface area contributed by atoms with Gasteiger partial charge in [0.2, 0.25) is 10.0 Å². The lowest BCUT2D eigenvalue weighted by Gasteiger charge is -2.30. The minimum absolute atomic E-state index is 0.112. The molecule has 0 aromatic heterocycles. The van der Waals surface area contributed by atoms with E-state index in [1.807, 2.05) is 36.4 Å². The van der Waals surface area contributed by atoms with E-state index in [0.29, 0.717) is 34.7 Å². The van der Waals surface area contributed by atoms with Gasteiger partial charge in [0.25, 0.3) is 0 Å². The standard InChI is InChI=1S/C27H28N2O5S/c1-3-4-9-19-16-29(18-10-6-5-7-11-18)24-15-25-22(14-26(24)35(32,33)28(19)2)20-12-8-13-21(27(30)31)23(20)17-34-25/h5-8,10-15,19H,3-4,9,16-17H2,1-2H3,(H,30,31)/t19-/m1/s1. The lowest BCUT2D eigenvalue weighted by molar-refractivity contribution is 0.0693. The third-order valence-corrected chi connectivity index (χ3v) is 8.88. The predicted molar refractivity (Wildman–Crippen MR) is 135 cm³/mol. The second kappa shape index (κ2) is 9.02. The van der Waals surface area contributed by atoms with Crippen molar-refractivity contribution in [3.05, 3.63) is 71.8 Å². The summed E-state index contributed by atoms with van der Waals surface area (Å²) in [5, 5.41) is 9.63. The molecule has 0 saturated carbocycles. The molecule has 0 fully saturated rings. The van der Waals surface area contributed by atoms with Gasteiger partial charge in [-0.1, -0.05) is 50.1 Å². The average molecular weight is 493 g/mol. The number of hydrogen-bond donors (Lipinski definition) is 1. The van der Waals surface area contributed by atoms with Crippen LogP contribution in [0.1, 0.15) is 42.1 Å². The van der Waals surface area contributed by atoms with Gasteiger partial charge in [0.15, 0.2) is 0 Å². The van der Waals surface area contributed by atoms with Crippen LogP contribution in [0.4, 0.5) is 11.4 Å². The van der Waals surface area contributed by atoms with Crippen LogP contribution in [-0.2, 0) is 16.6 Å². The van der Waals surface area contributed by atoms with E-state index in [9.17, 15) is 18.3 Å². The highest BCUT2D eigenvalue weighted by Crippen LogP contribution is 2.47. The van der Waals surface area contributed by atoms with Crippen LogP contribution in [-0.4, -0.2) is 43.4 Å². The third-order valence-electron chi connectivity index (χ3n) is 6.94. The van der Waals surface area contributed by atoms with Gasteiger partial charge in [-0.2, -0.15) is 4.31 Å². The fraction of sp³-hybridized carbons (Fsp3) is 0.296. The van der Waals surface area contributed by atoms with Gasteiger partial charge in [0.05, 0.1) is 11.3 Å². The van der Waals surface area contributed by atoms with Gasteiger partial charge < -0.3 is 14.7 Å². The normalized spacial score (nSPS) is 18.6. The number of carboxylic acid groups (broad SMARTS) is 1. The van der Waals surface area contributed by atoms with E-state index in [4.69, 9.17) is 4.74 Å². The molecule has 182 valence electrons. The molecule has 3 aromatic rings. The van der Waals surface area contributed by atoms with E-state index in [1.165, 1.54) is 4.31 Å². The van der Waals surface area contributed by atoms with E-state index in [1.54, 1.807) is 31.3 Å². The first-order chi connectivity index (χ1) is 16.8. The predicted octanol–water partition coefficient (Wildman–Crippen LogP) is 5.28. The maximum absolute atomic E-state index is 13.9. The minimum atomic E-state index is -3.82. The van der Waals surface area contributed by atoms with E-state index in [2.05, 4.69) is 11.8 Å². The van der Waals surface area contributed by atoms with Crippen LogP contribution in [0, 0.1) is 0 Å². The summed E-state index contributed by atoms with van der Waals surface area (Å²) >= 11 is 0. The number of carboxylic acids is 1. The minimum Gasteiger partial charge on any atom is -0.488 e. The zero-order chi connectivity index (χ0) is 24.7. The second-order valence-electron chi connectivity index (χ2n) is 9.01. The molecule has 0 aliphatic carbocycles. The Morgan fingerprint density at radius 2 is 1.86 bits per heavy atom. The molecule has 1 N–H and O–H groups in total. The number of unbranched alkanes of at least 4 members (excludes halogenated alkanes) is 1. The summed E-state index contributed by atoms with van der Waals surface area (Å²) in [6.45, 7) is 2.73. The Bertz CT molecular complexity index is 1390. The summed E-state index contributed by atoms with van der Waals surface area (Å²) in [6.07, 6.45) is 2.66. The maximum atomic E-state index is 13.9. The number of nitrogens with zero attached hydrogens (tertiary/aromatic N) is 2. The molecular formula is C27H28N2O5S. The van der Waals surface area contributed by atoms with Gasteiger partial charge in [-0.3, -0.25) is 0 Å². The van der Waals surface area contributed by atoms with Crippen LogP contribution in [0.15, 0.2) is 65.6 Å². The maximum Gasteiger partial charge on any atom is 0.336 e. The Morgan fingerprint density at radius 1 is 1.09 bits per heavy atom. The number of likely N-dealkylation sites (N-methyl/N-ethyl adjacent to an activating group) is 1. The second-order valence-corrected chi connectivity index (χ2v) is 11.0. The van der Waals surface area contributed by atoms with Crippen LogP contribution >= 0.6 is 0 Å². The molecule has 1 atom stereocenters. The van der Waals surface area contributed by atoms with E-state index in [-0.39, 0.29) is 23.1 Å². The number of benzene rings is 3. The van der Waals surface area contributed by atoms with Crippen LogP contribution in [0.2, 0.25) is 0 Å². The third kappa shape index (κ3) is 3.96. The molecule has 0 unspecified atom stereocenters. The van der Waals surface area contributed by atoms with Crippen molar-refractivity contribution in [2.45, 2.75) is 43.7 Å². The van der Waals surface area contributed by atoms with Gasteiger partial charge in [-0.25, -0.2) is 13.2 Å². The highest BCUT2D eigenvalue weighted by molar-refractivity contribution is 7.89. The van der Waals surface area contributed by atoms with Crippen LogP contribution in [0.3, 0.4) is 0 Å². The van der Waals surface area contributed by atoms with Crippen molar-refractivity contribution in [3.63, 3.8) is 0 Å². The monoisotopic (exact) mass is 492 g/mol. The molecule has 0 radical (unpaired) electrons. The van der Waals surface area contributed by atoms with Gasteiger partial charge in [0.1, 0.15) is 17.3 Å². The molecule has 0 bridgehead atoms. The summed E-state index contributed by atoms with van der Waals surface area (Å²) in [5.41, 5.74) is 3.46. The number of aromatic carboxylic acids is 1. The number of para-hydroxylation sites is 1. The number of anilines is 2. The Balaban J connectivity index is 1.74. The van der Waals surface area contributed by atoms with Crippen LogP contribution < -0.4 is 9.64 Å². The van der Waals surface area contributed by atoms with Crippen molar-refractivity contribution in [2.75, 3.05) is 18.5 Å². The Labute approximate surface area is 205 Å². The number of fused-ring (bicyclic) bond motifs is 4. The number of carbonyl (C=O) groups is 1. The molecule has 0 spiro atoms. The van der Waals surface area contributed by atoms with Gasteiger partial charge in [-0.05, 0) is 36.2 Å². The zero-order valence-electron chi connectivity index (χ0n) is 19.8. The van der Waals surface area contributed by atoms with Crippen LogP contribution in [0.25, 0.3) is 11.1 Å². The lowest BCUT2D eigenvalue weighted by Crippen LogP contribution is -2.40. The quantitative estimate of drug-likeness (QED) is 0.522. The summed E-state index contributed by atoms with van der Waals surface area (Å²) in [4.78, 5) is 14.0. The average Bonchev–Trinajstić information content (AvgIpc) is 2.94. The summed E-state index contributed by atoms with van der Waals surface area (Å²) in [6, 6.07) is 18.1. The molecule has 35 heavy (non-hydrogen) atoms. The van der Waals surface area contributed by atoms with Crippen molar-refractivity contribution in [2.24, 2.45) is 0 Å². The first kappa shape index (κ1) is 23.4. The highest BCUT2D eigenvalue weighted by atomic mass is 32.2. The molecule has 0 amide bonds. The van der Waals surface area contributed by atoms with Gasteiger partial charge in [-0.15, -0.1) is 0 Å². The number of sulfonamides is 1. The molecule has 0 saturated heterocycles. The van der Waals surface area contributed by atoms with Crippen molar-refractivity contribution in [1.29, 1.82) is 0 Å². The van der Waals surface area contributed by atoms with Gasteiger partial charge in [0, 0.05) is 42.5 Å². The van der Waals surface area contributed by atoms with E-state index in [0.717, 1.165) is 24.9 Å². The Morgan fingerprint density at radius 3 is 2.57 bits per heavy atom. The Kier molecular flexibility index (Phi) is 6.02. The van der Waals surface area contributed by atoms with Crippen molar-refractivity contribution in [3.8, 4) is 16.9 Å². The molecule has 3 aromatic carbocycles. The Hall–Kier alpha value is -3.36. The molecule has 2 heterocycles. The summed E-state index contributed by atoms with van der Waals surface area (Å²) in [7, 11) is -2.17. The summed E-state index contributed by atoms with van der Waals surface area (Å²) in [5.74, 6) is -0.491. The highest BCUT2D eigenvalue weighted by Gasteiger charge is 2.38. The van der Waals surface area contributed by atoms with Gasteiger partial charge >= 0.3 is 5.97 Å². The number of rotatable bonds is 5.